The lowest BCUT2D eigenvalue weighted by molar-refractivity contribution is 0.627. The van der Waals surface area contributed by atoms with Crippen LogP contribution in [0, 0.1) is 9.39 Å². The van der Waals surface area contributed by atoms with E-state index in [1.807, 2.05) is 28.9 Å². The van der Waals surface area contributed by atoms with E-state index in [9.17, 15) is 4.39 Å². The summed E-state index contributed by atoms with van der Waals surface area (Å²) in [6.45, 7) is 0.570. The largest absolute Gasteiger partial charge is 0.378 e. The molecule has 0 fully saturated rings. The number of hydrogen-bond acceptors (Lipinski definition) is 2. The highest BCUT2D eigenvalue weighted by Crippen LogP contribution is 2.20. The summed E-state index contributed by atoms with van der Waals surface area (Å²) in [5.74, 6) is -0.234. The van der Waals surface area contributed by atoms with Crippen LogP contribution in [0.25, 0.3) is 5.65 Å². The quantitative estimate of drug-likeness (QED) is 0.662. The fourth-order valence-corrected chi connectivity index (χ4v) is 2.76. The lowest BCUT2D eigenvalue weighted by Crippen LogP contribution is -2.01. The van der Waals surface area contributed by atoms with Crippen LogP contribution in [0.3, 0.4) is 0 Å². The number of halogens is 3. The third-order valence-corrected chi connectivity index (χ3v) is 3.97. The maximum atomic E-state index is 13.0. The Labute approximate surface area is 133 Å². The SMILES string of the molecule is Fc1ccc(NCc2cn3cc(Cl)ccc3n2)c(I)c1. The molecule has 2 aromatic heterocycles. The number of imidazole rings is 1. The third-order valence-electron chi connectivity index (χ3n) is 2.86. The molecule has 3 aromatic rings. The number of fused-ring (bicyclic) bond motifs is 1. The van der Waals surface area contributed by atoms with Crippen molar-refractivity contribution >= 4 is 45.5 Å². The van der Waals surface area contributed by atoms with E-state index in [1.54, 1.807) is 6.07 Å². The zero-order chi connectivity index (χ0) is 14.1. The molecule has 1 aromatic carbocycles. The molecule has 3 nitrogen and oxygen atoms in total. The first-order valence-corrected chi connectivity index (χ1v) is 7.39. The van der Waals surface area contributed by atoms with Crippen molar-refractivity contribution in [2.24, 2.45) is 0 Å². The van der Waals surface area contributed by atoms with Gasteiger partial charge in [-0.15, -0.1) is 0 Å². The van der Waals surface area contributed by atoms with Gasteiger partial charge in [-0.05, 0) is 52.9 Å². The molecule has 0 aliphatic heterocycles. The summed E-state index contributed by atoms with van der Waals surface area (Å²) in [5.41, 5.74) is 2.63. The lowest BCUT2D eigenvalue weighted by atomic mass is 10.3. The number of rotatable bonds is 3. The van der Waals surface area contributed by atoms with E-state index >= 15 is 0 Å². The molecule has 6 heteroatoms. The Kier molecular flexibility index (Phi) is 3.80. The maximum absolute atomic E-state index is 13.0. The van der Waals surface area contributed by atoms with Gasteiger partial charge in [0, 0.05) is 21.7 Å². The van der Waals surface area contributed by atoms with Gasteiger partial charge in [-0.2, -0.15) is 0 Å². The number of pyridine rings is 1. The molecular weight excluding hydrogens is 392 g/mol. The van der Waals surface area contributed by atoms with Gasteiger partial charge in [0.2, 0.25) is 0 Å². The number of hydrogen-bond donors (Lipinski definition) is 1. The van der Waals surface area contributed by atoms with Gasteiger partial charge < -0.3 is 9.72 Å². The molecule has 2 heterocycles. The van der Waals surface area contributed by atoms with Crippen LogP contribution in [0.1, 0.15) is 5.69 Å². The Balaban J connectivity index is 1.79. The summed E-state index contributed by atoms with van der Waals surface area (Å²) >= 11 is 8.04. The van der Waals surface area contributed by atoms with E-state index < -0.39 is 0 Å². The number of nitrogens with zero attached hydrogens (tertiary/aromatic N) is 2. The summed E-state index contributed by atoms with van der Waals surface area (Å²) in [5, 5.41) is 3.92. The summed E-state index contributed by atoms with van der Waals surface area (Å²) in [6, 6.07) is 8.33. The first-order valence-electron chi connectivity index (χ1n) is 5.94. The molecule has 0 bridgehead atoms. The van der Waals surface area contributed by atoms with Gasteiger partial charge in [-0.1, -0.05) is 11.6 Å². The molecule has 102 valence electrons. The lowest BCUT2D eigenvalue weighted by Gasteiger charge is -2.06. The van der Waals surface area contributed by atoms with Gasteiger partial charge in [0.25, 0.3) is 0 Å². The van der Waals surface area contributed by atoms with Crippen molar-refractivity contribution in [2.75, 3.05) is 5.32 Å². The molecule has 0 aliphatic rings. The smallest absolute Gasteiger partial charge is 0.137 e. The third kappa shape index (κ3) is 2.88. The summed E-state index contributed by atoms with van der Waals surface area (Å²) in [4.78, 5) is 4.48. The normalized spacial score (nSPS) is 10.9. The zero-order valence-corrected chi connectivity index (χ0v) is 13.2. The number of aromatic nitrogens is 2. The van der Waals surface area contributed by atoms with Crippen LogP contribution in [0.2, 0.25) is 5.02 Å². The van der Waals surface area contributed by atoms with Crippen LogP contribution < -0.4 is 5.32 Å². The average molecular weight is 402 g/mol. The molecule has 0 aliphatic carbocycles. The molecule has 0 atom stereocenters. The van der Waals surface area contributed by atoms with Crippen molar-refractivity contribution in [3.63, 3.8) is 0 Å². The highest BCUT2D eigenvalue weighted by atomic mass is 127. The van der Waals surface area contributed by atoms with Gasteiger partial charge in [0.05, 0.1) is 17.3 Å². The minimum atomic E-state index is -0.234. The van der Waals surface area contributed by atoms with E-state index in [-0.39, 0.29) is 5.82 Å². The van der Waals surface area contributed by atoms with Crippen molar-refractivity contribution in [2.45, 2.75) is 6.54 Å². The predicted molar refractivity (Wildman–Crippen MR) is 86.6 cm³/mol. The van der Waals surface area contributed by atoms with Crippen molar-refractivity contribution < 1.29 is 4.39 Å². The molecule has 0 radical (unpaired) electrons. The van der Waals surface area contributed by atoms with E-state index in [0.29, 0.717) is 11.6 Å². The van der Waals surface area contributed by atoms with Gasteiger partial charge >= 0.3 is 0 Å². The highest BCUT2D eigenvalue weighted by Gasteiger charge is 2.04. The van der Waals surface area contributed by atoms with Crippen molar-refractivity contribution in [3.8, 4) is 0 Å². The Bertz CT molecular complexity index is 772. The van der Waals surface area contributed by atoms with Crippen LogP contribution in [0.4, 0.5) is 10.1 Å². The zero-order valence-electron chi connectivity index (χ0n) is 10.3. The molecule has 20 heavy (non-hydrogen) atoms. The standard InChI is InChI=1S/C14H10ClFIN3/c15-9-1-4-14-19-11(8-20(14)7-9)6-18-13-3-2-10(16)5-12(13)17/h1-5,7-8,18H,6H2. The summed E-state index contributed by atoms with van der Waals surface area (Å²) in [6.07, 6.45) is 3.74. The number of anilines is 1. The monoisotopic (exact) mass is 401 g/mol. The Morgan fingerprint density at radius 3 is 2.90 bits per heavy atom. The Hall–Kier alpha value is -1.34. The van der Waals surface area contributed by atoms with E-state index in [2.05, 4.69) is 32.9 Å². The van der Waals surface area contributed by atoms with Gasteiger partial charge in [-0.3, -0.25) is 0 Å². The average Bonchev–Trinajstić information content (AvgIpc) is 2.79. The molecule has 0 unspecified atom stereocenters. The van der Waals surface area contributed by atoms with E-state index in [4.69, 9.17) is 11.6 Å². The molecule has 0 saturated carbocycles. The van der Waals surface area contributed by atoms with Crippen LogP contribution in [-0.4, -0.2) is 9.38 Å². The minimum Gasteiger partial charge on any atom is -0.378 e. The second-order valence-electron chi connectivity index (χ2n) is 4.32. The minimum absolute atomic E-state index is 0.234. The molecule has 0 amide bonds. The number of nitrogens with one attached hydrogen (secondary N) is 1. The molecular formula is C14H10ClFIN3. The molecule has 0 spiro atoms. The molecule has 1 N–H and O–H groups in total. The van der Waals surface area contributed by atoms with Crippen LogP contribution >= 0.6 is 34.2 Å². The summed E-state index contributed by atoms with van der Waals surface area (Å²) < 4.78 is 15.8. The second kappa shape index (κ2) is 5.57. The van der Waals surface area contributed by atoms with Crippen molar-refractivity contribution in [3.05, 3.63) is 62.8 Å². The molecule has 0 saturated heterocycles. The second-order valence-corrected chi connectivity index (χ2v) is 5.92. The van der Waals surface area contributed by atoms with Gasteiger partial charge in [-0.25, -0.2) is 9.37 Å². The Morgan fingerprint density at radius 2 is 2.10 bits per heavy atom. The van der Waals surface area contributed by atoms with Crippen molar-refractivity contribution in [1.82, 2.24) is 9.38 Å². The molecule has 3 rings (SSSR count). The maximum Gasteiger partial charge on any atom is 0.137 e. The fourth-order valence-electron chi connectivity index (χ4n) is 1.92. The first-order chi connectivity index (χ1) is 9.61. The number of benzene rings is 1. The van der Waals surface area contributed by atoms with Gasteiger partial charge in [0.1, 0.15) is 11.5 Å². The van der Waals surface area contributed by atoms with Crippen molar-refractivity contribution in [1.29, 1.82) is 0 Å². The fraction of sp³-hybridized carbons (Fsp3) is 0.0714. The highest BCUT2D eigenvalue weighted by molar-refractivity contribution is 14.1. The topological polar surface area (TPSA) is 29.3 Å². The summed E-state index contributed by atoms with van der Waals surface area (Å²) in [7, 11) is 0. The van der Waals surface area contributed by atoms with Gasteiger partial charge in [0.15, 0.2) is 0 Å². The van der Waals surface area contributed by atoms with Crippen LogP contribution in [-0.2, 0) is 6.54 Å². The van der Waals surface area contributed by atoms with Crippen LogP contribution in [0.15, 0.2) is 42.7 Å². The van der Waals surface area contributed by atoms with E-state index in [1.165, 1.54) is 12.1 Å². The van der Waals surface area contributed by atoms with E-state index in [0.717, 1.165) is 20.6 Å². The Morgan fingerprint density at radius 1 is 1.25 bits per heavy atom. The first kappa shape index (κ1) is 13.6. The van der Waals surface area contributed by atoms with Crippen LogP contribution in [0.5, 0.6) is 0 Å². The predicted octanol–water partition coefficient (Wildman–Crippen LogP) is 4.34.